The molecular weight excluding hydrogens is 436 g/mol. The molecule has 6 heteroatoms. The number of hydrogen-bond acceptors (Lipinski definition) is 3. The van der Waals surface area contributed by atoms with Crippen LogP contribution in [0.5, 0.6) is 0 Å². The van der Waals surface area contributed by atoms with Gasteiger partial charge in [0, 0.05) is 23.4 Å². The van der Waals surface area contributed by atoms with E-state index in [1.54, 1.807) is 6.08 Å². The van der Waals surface area contributed by atoms with Crippen molar-refractivity contribution in [1.82, 2.24) is 15.6 Å². The van der Waals surface area contributed by atoms with Crippen molar-refractivity contribution in [3.8, 4) is 0 Å². The summed E-state index contributed by atoms with van der Waals surface area (Å²) in [5, 5.41) is 6.33. The lowest BCUT2D eigenvalue weighted by Crippen LogP contribution is -2.39. The Morgan fingerprint density at radius 2 is 1.31 bits per heavy atom. The SMILES string of the molecule is O=C(NC1CCCCC1)C1=N/C(=C(/c2ccccc2)c2ccc(C(=O)NC3CCCCC3)[nH]2)C=C1. The van der Waals surface area contributed by atoms with E-state index >= 15 is 0 Å². The number of nitrogens with zero attached hydrogens (tertiary/aromatic N) is 1. The Labute approximate surface area is 207 Å². The number of rotatable bonds is 6. The van der Waals surface area contributed by atoms with Crippen LogP contribution in [0, 0.1) is 0 Å². The molecule has 35 heavy (non-hydrogen) atoms. The Kier molecular flexibility index (Phi) is 7.26. The summed E-state index contributed by atoms with van der Waals surface area (Å²) < 4.78 is 0. The molecule has 2 saturated carbocycles. The van der Waals surface area contributed by atoms with Crippen LogP contribution in [0.25, 0.3) is 5.57 Å². The van der Waals surface area contributed by atoms with Crippen LogP contribution in [-0.4, -0.2) is 34.6 Å². The Morgan fingerprint density at radius 1 is 0.714 bits per heavy atom. The van der Waals surface area contributed by atoms with Crippen LogP contribution >= 0.6 is 0 Å². The second-order valence-corrected chi connectivity index (χ2v) is 9.86. The van der Waals surface area contributed by atoms with Crippen LogP contribution in [0.3, 0.4) is 0 Å². The average Bonchev–Trinajstić information content (AvgIpc) is 3.57. The van der Waals surface area contributed by atoms with Gasteiger partial charge in [0.15, 0.2) is 0 Å². The maximum absolute atomic E-state index is 12.9. The first-order valence-electron chi connectivity index (χ1n) is 13.0. The molecule has 2 fully saturated rings. The fourth-order valence-corrected chi connectivity index (χ4v) is 5.36. The molecule has 3 aliphatic rings. The van der Waals surface area contributed by atoms with Gasteiger partial charge < -0.3 is 15.6 Å². The fourth-order valence-electron chi connectivity index (χ4n) is 5.36. The number of aliphatic imine (C=N–C) groups is 1. The number of amides is 2. The maximum Gasteiger partial charge on any atom is 0.270 e. The summed E-state index contributed by atoms with van der Waals surface area (Å²) in [6.07, 6.45) is 15.0. The minimum absolute atomic E-state index is 0.0708. The number of nitrogens with one attached hydrogen (secondary N) is 3. The lowest BCUT2D eigenvalue weighted by atomic mass is 9.95. The van der Waals surface area contributed by atoms with Crippen LogP contribution in [0.4, 0.5) is 0 Å². The monoisotopic (exact) mass is 470 g/mol. The Hall–Kier alpha value is -3.41. The van der Waals surface area contributed by atoms with Crippen LogP contribution in [0.15, 0.2) is 65.3 Å². The molecule has 5 rings (SSSR count). The number of benzene rings is 1. The first kappa shape index (κ1) is 23.3. The molecule has 2 aliphatic carbocycles. The van der Waals surface area contributed by atoms with Crippen LogP contribution in [0.1, 0.15) is 86.0 Å². The molecule has 1 aromatic heterocycles. The summed E-state index contributed by atoms with van der Waals surface area (Å²) in [6.45, 7) is 0. The molecule has 182 valence electrons. The van der Waals surface area contributed by atoms with Gasteiger partial charge in [-0.25, -0.2) is 4.99 Å². The van der Waals surface area contributed by atoms with E-state index in [0.29, 0.717) is 17.1 Å². The third kappa shape index (κ3) is 5.64. The zero-order chi connectivity index (χ0) is 24.0. The Balaban J connectivity index is 1.39. The Morgan fingerprint density at radius 3 is 1.97 bits per heavy atom. The summed E-state index contributed by atoms with van der Waals surface area (Å²) >= 11 is 0. The molecule has 6 nitrogen and oxygen atoms in total. The van der Waals surface area contributed by atoms with Crippen molar-refractivity contribution in [3.05, 3.63) is 77.3 Å². The predicted octanol–water partition coefficient (Wildman–Crippen LogP) is 5.30. The molecule has 0 spiro atoms. The highest BCUT2D eigenvalue weighted by molar-refractivity contribution is 6.44. The topological polar surface area (TPSA) is 86.3 Å². The summed E-state index contributed by atoms with van der Waals surface area (Å²) in [5.74, 6) is -0.187. The first-order valence-corrected chi connectivity index (χ1v) is 13.0. The highest BCUT2D eigenvalue weighted by Gasteiger charge is 2.23. The largest absolute Gasteiger partial charge is 0.350 e. The zero-order valence-electron chi connectivity index (χ0n) is 20.2. The summed E-state index contributed by atoms with van der Waals surface area (Å²) in [7, 11) is 0. The zero-order valence-corrected chi connectivity index (χ0v) is 20.2. The molecule has 3 N–H and O–H groups in total. The van der Waals surface area contributed by atoms with Crippen molar-refractivity contribution in [2.75, 3.05) is 0 Å². The van der Waals surface area contributed by atoms with E-state index in [1.807, 2.05) is 48.5 Å². The van der Waals surface area contributed by atoms with Gasteiger partial charge >= 0.3 is 0 Å². The van der Waals surface area contributed by atoms with Gasteiger partial charge in [0.05, 0.1) is 5.70 Å². The van der Waals surface area contributed by atoms with Crippen LogP contribution in [0.2, 0.25) is 0 Å². The minimum Gasteiger partial charge on any atom is -0.350 e. The number of carbonyl (C=O) groups is 2. The van der Waals surface area contributed by atoms with Crippen molar-refractivity contribution in [2.24, 2.45) is 4.99 Å². The standard InChI is InChI=1S/C29H34N4O2/c34-28(30-21-12-6-2-7-13-21)25-18-16-23(32-25)27(20-10-4-1-5-11-20)24-17-19-26(33-24)29(35)31-22-14-8-3-9-15-22/h1,4-5,10-11,16-19,21-22,32H,2-3,6-9,12-15H2,(H,30,34)(H,31,35)/b27-24-. The lowest BCUT2D eigenvalue weighted by molar-refractivity contribution is -0.115. The van der Waals surface area contributed by atoms with Crippen LogP contribution in [-0.2, 0) is 4.79 Å². The normalized spacial score (nSPS) is 20.4. The van der Waals surface area contributed by atoms with E-state index in [2.05, 4.69) is 15.6 Å². The third-order valence-electron chi connectivity index (χ3n) is 7.27. The summed E-state index contributed by atoms with van der Waals surface area (Å²) in [6, 6.07) is 14.2. The number of carbonyl (C=O) groups excluding carboxylic acids is 2. The number of H-pyrrole nitrogens is 1. The predicted molar refractivity (Wildman–Crippen MR) is 139 cm³/mol. The fraction of sp³-hybridized carbons (Fsp3) is 0.414. The minimum atomic E-state index is -0.116. The molecule has 1 aliphatic heterocycles. The van der Waals surface area contributed by atoms with Gasteiger partial charge in [-0.05, 0) is 55.5 Å². The molecule has 1 aromatic carbocycles. The molecule has 0 atom stereocenters. The molecule has 2 amide bonds. The van der Waals surface area contributed by atoms with Gasteiger partial charge in [-0.3, -0.25) is 9.59 Å². The van der Waals surface area contributed by atoms with Gasteiger partial charge in [-0.15, -0.1) is 0 Å². The first-order chi connectivity index (χ1) is 17.2. The smallest absolute Gasteiger partial charge is 0.270 e. The molecular formula is C29H34N4O2. The van der Waals surface area contributed by atoms with Crippen LogP contribution < -0.4 is 10.6 Å². The average molecular weight is 471 g/mol. The van der Waals surface area contributed by atoms with E-state index in [4.69, 9.17) is 4.99 Å². The maximum atomic E-state index is 12.9. The van der Waals surface area contributed by atoms with Crippen molar-refractivity contribution in [1.29, 1.82) is 0 Å². The Bertz CT molecular complexity index is 1150. The second kappa shape index (κ2) is 10.9. The van der Waals surface area contributed by atoms with E-state index in [-0.39, 0.29) is 23.9 Å². The number of aromatic nitrogens is 1. The van der Waals surface area contributed by atoms with Gasteiger partial charge in [0.2, 0.25) is 0 Å². The van der Waals surface area contributed by atoms with Gasteiger partial charge in [-0.1, -0.05) is 68.9 Å². The van der Waals surface area contributed by atoms with E-state index in [0.717, 1.165) is 42.5 Å². The van der Waals surface area contributed by atoms with Gasteiger partial charge in [0.25, 0.3) is 11.8 Å². The highest BCUT2D eigenvalue weighted by atomic mass is 16.2. The molecule has 0 saturated heterocycles. The molecule has 0 bridgehead atoms. The van der Waals surface area contributed by atoms with Crippen molar-refractivity contribution >= 4 is 23.1 Å². The number of hydrogen-bond donors (Lipinski definition) is 3. The number of aromatic amines is 1. The highest BCUT2D eigenvalue weighted by Crippen LogP contribution is 2.30. The lowest BCUT2D eigenvalue weighted by Gasteiger charge is -2.22. The molecule has 0 radical (unpaired) electrons. The second-order valence-electron chi connectivity index (χ2n) is 9.86. The van der Waals surface area contributed by atoms with Crippen molar-refractivity contribution < 1.29 is 9.59 Å². The number of allylic oxidation sites excluding steroid dienone is 1. The van der Waals surface area contributed by atoms with E-state index in [1.165, 1.54) is 38.5 Å². The van der Waals surface area contributed by atoms with Crippen molar-refractivity contribution in [3.63, 3.8) is 0 Å². The molecule has 2 aromatic rings. The summed E-state index contributed by atoms with van der Waals surface area (Å²) in [4.78, 5) is 33.8. The van der Waals surface area contributed by atoms with E-state index < -0.39 is 0 Å². The van der Waals surface area contributed by atoms with Gasteiger partial charge in [-0.2, -0.15) is 0 Å². The summed E-state index contributed by atoms with van der Waals surface area (Å²) in [5.41, 5.74) is 4.35. The van der Waals surface area contributed by atoms with E-state index in [9.17, 15) is 9.59 Å². The quantitative estimate of drug-likeness (QED) is 0.535. The van der Waals surface area contributed by atoms with Gasteiger partial charge in [0.1, 0.15) is 11.4 Å². The molecule has 0 unspecified atom stereocenters. The third-order valence-corrected chi connectivity index (χ3v) is 7.27. The van der Waals surface area contributed by atoms with Crippen molar-refractivity contribution in [2.45, 2.75) is 76.3 Å². The molecule has 2 heterocycles.